The van der Waals surface area contributed by atoms with E-state index in [2.05, 4.69) is 36.2 Å². The Hall–Kier alpha value is -3.39. The Morgan fingerprint density at radius 3 is 2.68 bits per heavy atom. The zero-order valence-corrected chi connectivity index (χ0v) is 22.0. The van der Waals surface area contributed by atoms with E-state index < -0.39 is 0 Å². The molecular formula is C29H36N4O4. The smallest absolute Gasteiger partial charge is 0.264 e. The van der Waals surface area contributed by atoms with Crippen LogP contribution in [-0.2, 0) is 22.6 Å². The summed E-state index contributed by atoms with van der Waals surface area (Å²) in [5.41, 5.74) is 6.35. The van der Waals surface area contributed by atoms with Gasteiger partial charge < -0.3 is 24.8 Å². The molecule has 1 saturated heterocycles. The molecule has 1 atom stereocenters. The summed E-state index contributed by atoms with van der Waals surface area (Å²) in [7, 11) is 1.68. The van der Waals surface area contributed by atoms with E-state index in [4.69, 9.17) is 4.74 Å². The number of hydrogen-bond acceptors (Lipinski definition) is 5. The van der Waals surface area contributed by atoms with Crippen LogP contribution in [0, 0.1) is 19.8 Å². The number of carbonyl (C=O) groups is 3. The number of rotatable bonds is 5. The number of ether oxygens (including phenoxy) is 1. The number of piperidine rings is 1. The number of likely N-dealkylation sites (N-methyl/N-ethyl adjacent to an activating group) is 1. The lowest BCUT2D eigenvalue weighted by Crippen LogP contribution is -2.47. The first-order valence-electron chi connectivity index (χ1n) is 13.2. The van der Waals surface area contributed by atoms with Crippen molar-refractivity contribution in [3.05, 3.63) is 58.1 Å². The molecule has 3 aliphatic heterocycles. The molecule has 196 valence electrons. The Morgan fingerprint density at radius 1 is 1.08 bits per heavy atom. The van der Waals surface area contributed by atoms with Gasteiger partial charge in [-0.2, -0.15) is 0 Å². The Balaban J connectivity index is 1.13. The zero-order valence-electron chi connectivity index (χ0n) is 22.0. The molecule has 2 aromatic rings. The lowest BCUT2D eigenvalue weighted by atomic mass is 9.92. The lowest BCUT2D eigenvalue weighted by molar-refractivity contribution is -0.138. The molecule has 8 nitrogen and oxygen atoms in total. The zero-order chi connectivity index (χ0) is 26.1. The van der Waals surface area contributed by atoms with Crippen molar-refractivity contribution in [2.24, 2.45) is 5.92 Å². The molecule has 0 bridgehead atoms. The van der Waals surface area contributed by atoms with Crippen molar-refractivity contribution >= 4 is 23.4 Å². The van der Waals surface area contributed by atoms with Crippen LogP contribution in [-0.4, -0.2) is 73.9 Å². The molecule has 8 heteroatoms. The van der Waals surface area contributed by atoms with Gasteiger partial charge in [-0.05, 0) is 80.1 Å². The molecule has 1 unspecified atom stereocenters. The van der Waals surface area contributed by atoms with Gasteiger partial charge in [0.1, 0.15) is 5.75 Å². The van der Waals surface area contributed by atoms with Gasteiger partial charge in [-0.3, -0.25) is 14.4 Å². The predicted octanol–water partition coefficient (Wildman–Crippen LogP) is 2.69. The van der Waals surface area contributed by atoms with E-state index in [1.165, 1.54) is 27.2 Å². The minimum Gasteiger partial charge on any atom is -0.482 e. The predicted molar refractivity (Wildman–Crippen MR) is 142 cm³/mol. The van der Waals surface area contributed by atoms with Crippen LogP contribution in [0.5, 0.6) is 5.75 Å². The highest BCUT2D eigenvalue weighted by Crippen LogP contribution is 2.32. The van der Waals surface area contributed by atoms with Crippen LogP contribution in [0.3, 0.4) is 0 Å². The topological polar surface area (TPSA) is 82.2 Å². The fraction of sp³-hybridized carbons (Fsp3) is 0.483. The number of hydrogen-bond donors (Lipinski definition) is 1. The van der Waals surface area contributed by atoms with Gasteiger partial charge in [0, 0.05) is 45.3 Å². The fourth-order valence-electron chi connectivity index (χ4n) is 5.61. The maximum absolute atomic E-state index is 13.4. The van der Waals surface area contributed by atoms with Crippen LogP contribution in [0.15, 0.2) is 30.3 Å². The average Bonchev–Trinajstić information content (AvgIpc) is 2.91. The minimum atomic E-state index is -0.184. The number of carbonyl (C=O) groups excluding carboxylic acids is 3. The maximum Gasteiger partial charge on any atom is 0.264 e. The molecule has 1 fully saturated rings. The summed E-state index contributed by atoms with van der Waals surface area (Å²) in [5.74, 6) is 0.540. The highest BCUT2D eigenvalue weighted by atomic mass is 16.5. The van der Waals surface area contributed by atoms with Crippen LogP contribution in [0.4, 0.5) is 5.69 Å². The van der Waals surface area contributed by atoms with Crippen LogP contribution >= 0.6 is 0 Å². The van der Waals surface area contributed by atoms with Gasteiger partial charge in [-0.1, -0.05) is 12.1 Å². The number of nitrogens with one attached hydrogen (secondary N) is 1. The molecule has 0 aliphatic carbocycles. The Labute approximate surface area is 218 Å². The van der Waals surface area contributed by atoms with E-state index in [1.807, 2.05) is 4.90 Å². The summed E-state index contributed by atoms with van der Waals surface area (Å²) in [6.45, 7) is 8.64. The van der Waals surface area contributed by atoms with Gasteiger partial charge in [0.05, 0.1) is 11.6 Å². The van der Waals surface area contributed by atoms with Crippen molar-refractivity contribution in [2.45, 2.75) is 39.7 Å². The normalized spacial score (nSPS) is 19.6. The second-order valence-electron chi connectivity index (χ2n) is 10.5. The summed E-state index contributed by atoms with van der Waals surface area (Å²) in [5, 5.41) is 2.99. The van der Waals surface area contributed by atoms with E-state index >= 15 is 0 Å². The summed E-state index contributed by atoms with van der Waals surface area (Å²) >= 11 is 0. The van der Waals surface area contributed by atoms with Crippen LogP contribution in [0.2, 0.25) is 0 Å². The third-order valence-electron chi connectivity index (χ3n) is 8.02. The number of anilines is 1. The fourth-order valence-corrected chi connectivity index (χ4v) is 5.61. The monoisotopic (exact) mass is 504 g/mol. The van der Waals surface area contributed by atoms with Crippen molar-refractivity contribution in [1.82, 2.24) is 15.1 Å². The van der Waals surface area contributed by atoms with Gasteiger partial charge in [0.25, 0.3) is 11.8 Å². The molecule has 0 saturated carbocycles. The lowest BCUT2D eigenvalue weighted by Gasteiger charge is -2.37. The quantitative estimate of drug-likeness (QED) is 0.677. The van der Waals surface area contributed by atoms with E-state index in [0.717, 1.165) is 38.9 Å². The van der Waals surface area contributed by atoms with E-state index in [1.54, 1.807) is 25.2 Å². The highest BCUT2D eigenvalue weighted by Gasteiger charge is 2.31. The highest BCUT2D eigenvalue weighted by molar-refractivity contribution is 6.00. The molecule has 1 N–H and O–H groups in total. The van der Waals surface area contributed by atoms with Crippen molar-refractivity contribution in [1.29, 1.82) is 0 Å². The van der Waals surface area contributed by atoms with E-state index in [-0.39, 0.29) is 30.2 Å². The maximum atomic E-state index is 13.4. The Kier molecular flexibility index (Phi) is 7.20. The van der Waals surface area contributed by atoms with E-state index in [0.29, 0.717) is 36.6 Å². The molecule has 2 aromatic carbocycles. The minimum absolute atomic E-state index is 0.00580. The van der Waals surface area contributed by atoms with Gasteiger partial charge in [-0.25, -0.2) is 0 Å². The first-order chi connectivity index (χ1) is 17.8. The Bertz CT molecular complexity index is 1230. The van der Waals surface area contributed by atoms with Crippen molar-refractivity contribution in [2.75, 3.05) is 51.3 Å². The largest absolute Gasteiger partial charge is 0.482 e. The van der Waals surface area contributed by atoms with Gasteiger partial charge in [0.15, 0.2) is 6.61 Å². The summed E-state index contributed by atoms with van der Waals surface area (Å²) < 4.78 is 5.44. The van der Waals surface area contributed by atoms with Crippen LogP contribution < -0.4 is 15.0 Å². The average molecular weight is 505 g/mol. The van der Waals surface area contributed by atoms with Crippen LogP contribution in [0.25, 0.3) is 0 Å². The number of benzene rings is 2. The van der Waals surface area contributed by atoms with Gasteiger partial charge in [-0.15, -0.1) is 0 Å². The second kappa shape index (κ2) is 10.5. The first kappa shape index (κ1) is 25.3. The molecule has 3 amide bonds. The molecule has 0 aromatic heterocycles. The van der Waals surface area contributed by atoms with Gasteiger partial charge in [0.2, 0.25) is 5.91 Å². The van der Waals surface area contributed by atoms with Crippen molar-refractivity contribution < 1.29 is 19.1 Å². The number of aryl methyl sites for hydroxylation is 2. The Morgan fingerprint density at radius 2 is 1.86 bits per heavy atom. The molecule has 3 aliphatic rings. The van der Waals surface area contributed by atoms with Crippen LogP contribution in [0.1, 0.15) is 45.5 Å². The molecule has 37 heavy (non-hydrogen) atoms. The van der Waals surface area contributed by atoms with Crippen molar-refractivity contribution in [3.8, 4) is 5.75 Å². The SMILES string of the molecule is Cc1cc2c(cc1C)CN(C(=O)C1CCCN(CCNC(=O)c3ccc4c(c3)N(C)C(=O)CO4)C1)CC2. The standard InChI is InChI=1S/C29H36N4O4/c1-19-13-21-8-11-33(17-24(21)14-20(19)2)29(36)23-5-4-10-32(16-23)12-9-30-28(35)22-6-7-26-25(15-22)31(3)27(34)18-37-26/h6-7,13-15,23H,4-5,8-12,16-18H2,1-3H3,(H,30,35). The first-order valence-corrected chi connectivity index (χ1v) is 13.2. The number of nitrogens with zero attached hydrogens (tertiary/aromatic N) is 3. The molecule has 5 rings (SSSR count). The molecule has 0 spiro atoms. The molecule has 3 heterocycles. The molecule has 0 radical (unpaired) electrons. The summed E-state index contributed by atoms with van der Waals surface area (Å²) in [6, 6.07) is 9.66. The summed E-state index contributed by atoms with van der Waals surface area (Å²) in [6.07, 6.45) is 2.82. The van der Waals surface area contributed by atoms with Crippen molar-refractivity contribution in [3.63, 3.8) is 0 Å². The third kappa shape index (κ3) is 5.34. The number of likely N-dealkylation sites (tertiary alicyclic amines) is 1. The summed E-state index contributed by atoms with van der Waals surface area (Å²) in [4.78, 5) is 43.9. The number of fused-ring (bicyclic) bond motifs is 2. The van der Waals surface area contributed by atoms with E-state index in [9.17, 15) is 14.4 Å². The third-order valence-corrected chi connectivity index (χ3v) is 8.02. The van der Waals surface area contributed by atoms with Gasteiger partial charge >= 0.3 is 0 Å². The molecular weight excluding hydrogens is 468 g/mol. The number of amides is 3. The second-order valence-corrected chi connectivity index (χ2v) is 10.5.